The summed E-state index contributed by atoms with van der Waals surface area (Å²) in [5.41, 5.74) is 4.11. The zero-order valence-electron chi connectivity index (χ0n) is 12.9. The SMILES string of the molecule is O=C1CCc2cc(Br)ccc2N1.O=C1NCCc2cc(Br)ccc21. The number of hydrogen-bond acceptors (Lipinski definition) is 2. The number of amides is 2. The van der Waals surface area contributed by atoms with E-state index in [1.54, 1.807) is 0 Å². The average molecular weight is 452 g/mol. The van der Waals surface area contributed by atoms with Gasteiger partial charge in [-0.15, -0.1) is 0 Å². The van der Waals surface area contributed by atoms with Gasteiger partial charge in [-0.2, -0.15) is 0 Å². The molecule has 0 saturated carbocycles. The van der Waals surface area contributed by atoms with E-state index in [9.17, 15) is 9.59 Å². The number of anilines is 1. The van der Waals surface area contributed by atoms with Crippen molar-refractivity contribution in [2.45, 2.75) is 19.3 Å². The van der Waals surface area contributed by atoms with E-state index < -0.39 is 0 Å². The summed E-state index contributed by atoms with van der Waals surface area (Å²) in [4.78, 5) is 22.3. The molecule has 4 nitrogen and oxygen atoms in total. The minimum absolute atomic E-state index is 0.0451. The maximum Gasteiger partial charge on any atom is 0.251 e. The molecule has 124 valence electrons. The first kappa shape index (κ1) is 17.2. The van der Waals surface area contributed by atoms with Crippen molar-refractivity contribution in [1.29, 1.82) is 0 Å². The van der Waals surface area contributed by atoms with Crippen molar-refractivity contribution in [2.24, 2.45) is 0 Å². The van der Waals surface area contributed by atoms with Gasteiger partial charge in [-0.25, -0.2) is 0 Å². The quantitative estimate of drug-likeness (QED) is 0.634. The van der Waals surface area contributed by atoms with Gasteiger partial charge in [0.2, 0.25) is 5.91 Å². The van der Waals surface area contributed by atoms with Crippen LogP contribution in [0.1, 0.15) is 27.9 Å². The fraction of sp³-hybridized carbons (Fsp3) is 0.222. The number of halogens is 2. The lowest BCUT2D eigenvalue weighted by molar-refractivity contribution is -0.116. The molecule has 0 bridgehead atoms. The van der Waals surface area contributed by atoms with Crippen LogP contribution in [0.3, 0.4) is 0 Å². The van der Waals surface area contributed by atoms with Crippen molar-refractivity contribution >= 4 is 49.4 Å². The van der Waals surface area contributed by atoms with Crippen molar-refractivity contribution in [3.05, 3.63) is 62.0 Å². The van der Waals surface area contributed by atoms with Gasteiger partial charge in [-0.1, -0.05) is 31.9 Å². The van der Waals surface area contributed by atoms with Gasteiger partial charge in [-0.05, 0) is 60.4 Å². The molecular formula is C18H16Br2N2O2. The van der Waals surface area contributed by atoms with Crippen molar-refractivity contribution in [2.75, 3.05) is 11.9 Å². The highest BCUT2D eigenvalue weighted by Gasteiger charge is 2.15. The molecular weight excluding hydrogens is 436 g/mol. The molecule has 2 N–H and O–H groups in total. The Balaban J connectivity index is 0.000000141. The second-order valence-electron chi connectivity index (χ2n) is 5.66. The molecule has 0 aromatic heterocycles. The summed E-state index contributed by atoms with van der Waals surface area (Å²) >= 11 is 6.77. The lowest BCUT2D eigenvalue weighted by atomic mass is 10.0. The van der Waals surface area contributed by atoms with Crippen LogP contribution < -0.4 is 10.6 Å². The fourth-order valence-electron chi connectivity index (χ4n) is 2.75. The standard InChI is InChI=1S/2C9H8BrNO/c10-7-2-3-8-6(5-7)1-4-9(12)11-8;10-7-1-2-8-6(5-7)3-4-11-9(8)12/h2-3,5H,1,4H2,(H,11,12);1-2,5H,3-4H2,(H,11,12). The molecule has 0 aliphatic carbocycles. The maximum absolute atomic E-state index is 11.3. The van der Waals surface area contributed by atoms with Gasteiger partial charge in [0.15, 0.2) is 0 Å². The molecule has 0 saturated heterocycles. The summed E-state index contributed by atoms with van der Waals surface area (Å²) in [5, 5.41) is 5.63. The fourth-order valence-corrected chi connectivity index (χ4v) is 3.57. The summed E-state index contributed by atoms with van der Waals surface area (Å²) in [5.74, 6) is 0.161. The number of hydrogen-bond donors (Lipinski definition) is 2. The molecule has 0 unspecified atom stereocenters. The van der Waals surface area contributed by atoms with Gasteiger partial charge < -0.3 is 10.6 Å². The van der Waals surface area contributed by atoms with Gasteiger partial charge in [0.25, 0.3) is 5.91 Å². The minimum atomic E-state index is 0.0451. The molecule has 2 aliphatic heterocycles. The van der Waals surface area contributed by atoms with Crippen LogP contribution in [0.4, 0.5) is 5.69 Å². The largest absolute Gasteiger partial charge is 0.352 e. The first-order chi connectivity index (χ1) is 11.5. The minimum Gasteiger partial charge on any atom is -0.352 e. The summed E-state index contributed by atoms with van der Waals surface area (Å²) in [6.07, 6.45) is 2.38. The smallest absolute Gasteiger partial charge is 0.251 e. The Hall–Kier alpha value is -1.66. The monoisotopic (exact) mass is 450 g/mol. The number of rotatable bonds is 0. The number of carbonyl (C=O) groups is 2. The first-order valence-electron chi connectivity index (χ1n) is 7.68. The molecule has 2 aromatic carbocycles. The molecule has 6 heteroatoms. The van der Waals surface area contributed by atoms with E-state index in [0.29, 0.717) is 6.42 Å². The van der Waals surface area contributed by atoms with Crippen LogP contribution in [0.15, 0.2) is 45.3 Å². The van der Waals surface area contributed by atoms with Gasteiger partial charge in [0, 0.05) is 33.2 Å². The first-order valence-corrected chi connectivity index (χ1v) is 9.26. The molecule has 0 spiro atoms. The lowest BCUT2D eigenvalue weighted by Gasteiger charge is -2.16. The number of aryl methyl sites for hydroxylation is 1. The predicted molar refractivity (Wildman–Crippen MR) is 101 cm³/mol. The summed E-state index contributed by atoms with van der Waals surface area (Å²) in [6.45, 7) is 0.752. The van der Waals surface area contributed by atoms with Gasteiger partial charge in [-0.3, -0.25) is 9.59 Å². The number of fused-ring (bicyclic) bond motifs is 2. The Morgan fingerprint density at radius 3 is 2.33 bits per heavy atom. The van der Waals surface area contributed by atoms with Crippen LogP contribution in [0.2, 0.25) is 0 Å². The third-order valence-corrected chi connectivity index (χ3v) is 4.94. The van der Waals surface area contributed by atoms with E-state index >= 15 is 0 Å². The third-order valence-electron chi connectivity index (χ3n) is 3.95. The average Bonchev–Trinajstić information content (AvgIpc) is 2.56. The normalized spacial score (nSPS) is 15.2. The van der Waals surface area contributed by atoms with E-state index in [1.165, 1.54) is 5.56 Å². The third kappa shape index (κ3) is 4.05. The Morgan fingerprint density at radius 2 is 1.54 bits per heavy atom. The molecule has 2 heterocycles. The second kappa shape index (κ2) is 7.49. The number of carbonyl (C=O) groups excluding carboxylic acids is 2. The van der Waals surface area contributed by atoms with Crippen molar-refractivity contribution in [1.82, 2.24) is 5.32 Å². The van der Waals surface area contributed by atoms with Gasteiger partial charge in [0.1, 0.15) is 0 Å². The van der Waals surface area contributed by atoms with Crippen molar-refractivity contribution < 1.29 is 9.59 Å². The van der Waals surface area contributed by atoms with Crippen LogP contribution >= 0.6 is 31.9 Å². The Bertz CT molecular complexity index is 806. The van der Waals surface area contributed by atoms with Crippen LogP contribution in [0.5, 0.6) is 0 Å². The number of benzene rings is 2. The van der Waals surface area contributed by atoms with Gasteiger partial charge >= 0.3 is 0 Å². The van der Waals surface area contributed by atoms with Crippen LogP contribution in [-0.2, 0) is 17.6 Å². The lowest BCUT2D eigenvalue weighted by Crippen LogP contribution is -2.31. The molecule has 2 aromatic rings. The Morgan fingerprint density at radius 1 is 0.833 bits per heavy atom. The number of nitrogens with one attached hydrogen (secondary N) is 2. The molecule has 24 heavy (non-hydrogen) atoms. The molecule has 4 rings (SSSR count). The van der Waals surface area contributed by atoms with E-state index in [-0.39, 0.29) is 11.8 Å². The zero-order chi connectivity index (χ0) is 17.1. The molecule has 0 atom stereocenters. The predicted octanol–water partition coefficient (Wildman–Crippen LogP) is 4.07. The summed E-state index contributed by atoms with van der Waals surface area (Å²) in [6, 6.07) is 11.7. The summed E-state index contributed by atoms with van der Waals surface area (Å²) < 4.78 is 2.10. The van der Waals surface area contributed by atoms with E-state index in [1.807, 2.05) is 30.3 Å². The van der Waals surface area contributed by atoms with E-state index in [2.05, 4.69) is 48.6 Å². The summed E-state index contributed by atoms with van der Waals surface area (Å²) in [7, 11) is 0. The van der Waals surface area contributed by atoms with E-state index in [4.69, 9.17) is 0 Å². The highest BCUT2D eigenvalue weighted by atomic mass is 79.9. The van der Waals surface area contributed by atoms with E-state index in [0.717, 1.165) is 45.1 Å². The highest BCUT2D eigenvalue weighted by Crippen LogP contribution is 2.25. The van der Waals surface area contributed by atoms with Crippen LogP contribution in [-0.4, -0.2) is 18.4 Å². The van der Waals surface area contributed by atoms with Gasteiger partial charge in [0.05, 0.1) is 0 Å². The second-order valence-corrected chi connectivity index (χ2v) is 7.49. The Labute approximate surface area is 157 Å². The van der Waals surface area contributed by atoms with Crippen LogP contribution in [0.25, 0.3) is 0 Å². The molecule has 0 radical (unpaired) electrons. The van der Waals surface area contributed by atoms with Crippen LogP contribution in [0, 0.1) is 0 Å². The molecule has 0 fully saturated rings. The zero-order valence-corrected chi connectivity index (χ0v) is 16.0. The van der Waals surface area contributed by atoms with Crippen molar-refractivity contribution in [3.63, 3.8) is 0 Å². The Kier molecular flexibility index (Phi) is 5.36. The molecule has 2 amide bonds. The topological polar surface area (TPSA) is 58.2 Å². The maximum atomic E-state index is 11.3. The van der Waals surface area contributed by atoms with Crippen molar-refractivity contribution in [3.8, 4) is 0 Å². The highest BCUT2D eigenvalue weighted by molar-refractivity contribution is 9.10. The molecule has 2 aliphatic rings.